The number of nitrogens with zero attached hydrogens (tertiary/aromatic N) is 3. The number of imidazole rings is 1. The molecule has 0 spiro atoms. The van der Waals surface area contributed by atoms with Crippen molar-refractivity contribution in [2.75, 3.05) is 0 Å². The van der Waals surface area contributed by atoms with Crippen molar-refractivity contribution in [2.24, 2.45) is 0 Å². The Kier molecular flexibility index (Phi) is 7.99. The summed E-state index contributed by atoms with van der Waals surface area (Å²) in [6, 6.07) is 60.2. The zero-order valence-corrected chi connectivity index (χ0v) is 31.6. The van der Waals surface area contributed by atoms with Gasteiger partial charge >= 0.3 is 0 Å². The highest BCUT2D eigenvalue weighted by molar-refractivity contribution is 7.26. The van der Waals surface area contributed by atoms with Crippen molar-refractivity contribution in [3.05, 3.63) is 222 Å². The van der Waals surface area contributed by atoms with Crippen LogP contribution in [0.25, 0.3) is 65.0 Å². The van der Waals surface area contributed by atoms with Gasteiger partial charge in [0, 0.05) is 31.4 Å². The van der Waals surface area contributed by atoms with E-state index in [0.29, 0.717) is 5.56 Å². The second kappa shape index (κ2) is 13.4. The van der Waals surface area contributed by atoms with Gasteiger partial charge < -0.3 is 0 Å². The van der Waals surface area contributed by atoms with Crippen molar-refractivity contribution in [2.45, 2.75) is 12.3 Å². The molecule has 2 aromatic heterocycles. The number of fused-ring (bicyclic) bond motifs is 6. The number of benzene rings is 7. The average molecular weight is 734 g/mol. The Bertz CT molecular complexity index is 3080. The van der Waals surface area contributed by atoms with Gasteiger partial charge in [0.25, 0.3) is 0 Å². The van der Waals surface area contributed by atoms with Crippen LogP contribution in [0.2, 0.25) is 0 Å². The van der Waals surface area contributed by atoms with Crippen LogP contribution in [0.1, 0.15) is 34.7 Å². The second-order valence-electron chi connectivity index (χ2n) is 14.2. The molecule has 1 unspecified atom stereocenters. The number of nitriles is 1. The largest absolute Gasteiger partial charge is 0.292 e. The summed E-state index contributed by atoms with van der Waals surface area (Å²) in [7, 11) is 0. The molecule has 0 saturated heterocycles. The van der Waals surface area contributed by atoms with Crippen LogP contribution in [0, 0.1) is 11.3 Å². The van der Waals surface area contributed by atoms with E-state index in [-0.39, 0.29) is 0 Å². The monoisotopic (exact) mass is 733 g/mol. The van der Waals surface area contributed by atoms with Crippen molar-refractivity contribution >= 4 is 48.1 Å². The molecule has 0 fully saturated rings. The fraction of sp³-hybridized carbons (Fsp3) is 0.0385. The van der Waals surface area contributed by atoms with Gasteiger partial charge in [0.05, 0.1) is 28.1 Å². The summed E-state index contributed by atoms with van der Waals surface area (Å²) in [6.45, 7) is 6.62. The van der Waals surface area contributed by atoms with E-state index in [1.54, 1.807) is 0 Å². The first kappa shape index (κ1) is 33.5. The summed E-state index contributed by atoms with van der Waals surface area (Å²) in [5.74, 6) is 0.903. The summed E-state index contributed by atoms with van der Waals surface area (Å²) in [5, 5.41) is 12.0. The van der Waals surface area contributed by atoms with E-state index in [0.717, 1.165) is 50.4 Å². The molecule has 0 amide bonds. The lowest BCUT2D eigenvalue weighted by atomic mass is 9.66. The normalized spacial score (nSPS) is 15.2. The first-order valence-electron chi connectivity index (χ1n) is 18.8. The summed E-state index contributed by atoms with van der Waals surface area (Å²) in [4.78, 5) is 5.18. The van der Waals surface area contributed by atoms with Crippen LogP contribution in [-0.2, 0) is 5.41 Å². The number of hydrogen-bond donors (Lipinski definition) is 0. The zero-order valence-electron chi connectivity index (χ0n) is 30.8. The molecule has 0 bridgehead atoms. The fourth-order valence-corrected chi connectivity index (χ4v) is 10.1. The van der Waals surface area contributed by atoms with E-state index in [2.05, 4.69) is 182 Å². The van der Waals surface area contributed by atoms with Crippen LogP contribution in [-0.4, -0.2) is 9.55 Å². The third-order valence-corrected chi connectivity index (χ3v) is 12.4. The van der Waals surface area contributed by atoms with Gasteiger partial charge in [-0.1, -0.05) is 140 Å². The lowest BCUT2D eigenvalue weighted by Gasteiger charge is -2.35. The second-order valence-corrected chi connectivity index (χ2v) is 15.2. The van der Waals surface area contributed by atoms with Crippen LogP contribution in [0.4, 0.5) is 0 Å². The van der Waals surface area contributed by atoms with Gasteiger partial charge in [0.1, 0.15) is 5.82 Å². The molecule has 7 aromatic carbocycles. The minimum absolute atomic E-state index is 0.642. The summed E-state index contributed by atoms with van der Waals surface area (Å²) >= 11 is 1.83. The Labute approximate surface area is 330 Å². The molecule has 1 atom stereocenters. The molecule has 264 valence electrons. The summed E-state index contributed by atoms with van der Waals surface area (Å²) < 4.78 is 4.73. The Morgan fingerprint density at radius 1 is 0.679 bits per heavy atom. The van der Waals surface area contributed by atoms with Gasteiger partial charge in [0.2, 0.25) is 0 Å². The lowest BCUT2D eigenvalue weighted by Crippen LogP contribution is -2.29. The number of allylic oxidation sites excluding steroid dienone is 5. The highest BCUT2D eigenvalue weighted by Gasteiger charge is 2.47. The molecule has 0 aliphatic heterocycles. The van der Waals surface area contributed by atoms with Gasteiger partial charge in [-0.15, -0.1) is 11.3 Å². The standard InChI is InChI=1S/C52H35N3S/c1-3-14-41-42(4-2)52(37-15-7-5-8-16-37,38-29-27-36(28-30-38)51-54-44-20-11-12-21-45(44)55(51)39-17-9-6-10-18-39)43-31-32-47-50(48(41)43)49-40(19-13-22-46(49)56-47)35-25-23-34(33-53)24-26-35/h3-32H,2H2,1H3/b14-3-. The van der Waals surface area contributed by atoms with Gasteiger partial charge in [-0.2, -0.15) is 5.26 Å². The quantitative estimate of drug-likeness (QED) is 0.164. The molecular weight excluding hydrogens is 699 g/mol. The molecular formula is C52H35N3S. The highest BCUT2D eigenvalue weighted by Crippen LogP contribution is 2.58. The minimum Gasteiger partial charge on any atom is -0.292 e. The number of hydrogen-bond acceptors (Lipinski definition) is 3. The smallest absolute Gasteiger partial charge is 0.145 e. The molecule has 0 saturated carbocycles. The van der Waals surface area contributed by atoms with E-state index in [1.165, 1.54) is 42.4 Å². The fourth-order valence-electron chi connectivity index (χ4n) is 8.96. The summed E-state index contributed by atoms with van der Waals surface area (Å²) in [5.41, 5.74) is 13.6. The third-order valence-electron chi connectivity index (χ3n) is 11.3. The topological polar surface area (TPSA) is 41.6 Å². The van der Waals surface area contributed by atoms with Gasteiger partial charge in [-0.25, -0.2) is 4.98 Å². The van der Waals surface area contributed by atoms with E-state index in [1.807, 2.05) is 35.6 Å². The maximum Gasteiger partial charge on any atom is 0.145 e. The molecule has 10 rings (SSSR count). The summed E-state index contributed by atoms with van der Waals surface area (Å²) in [6.07, 6.45) is 6.49. The molecule has 4 heteroatoms. The number of aromatic nitrogens is 2. The SMILES string of the molecule is C=CC1=C(/C=C\C)c2c(ccc3sc4cccc(-c5ccc(C#N)cc5)c4c23)C1(c1ccccc1)c1ccc(-c2nc3ccccc3n2-c2ccccc2)cc1. The minimum atomic E-state index is -0.642. The van der Waals surface area contributed by atoms with Crippen molar-refractivity contribution in [3.63, 3.8) is 0 Å². The molecule has 9 aromatic rings. The maximum absolute atomic E-state index is 9.54. The Morgan fingerprint density at radius 3 is 2.09 bits per heavy atom. The Balaban J connectivity index is 1.26. The van der Waals surface area contributed by atoms with Crippen LogP contribution >= 0.6 is 11.3 Å². The Hall–Kier alpha value is -7.06. The van der Waals surface area contributed by atoms with E-state index >= 15 is 0 Å². The first-order valence-corrected chi connectivity index (χ1v) is 19.7. The predicted molar refractivity (Wildman–Crippen MR) is 234 cm³/mol. The Morgan fingerprint density at radius 2 is 1.36 bits per heavy atom. The van der Waals surface area contributed by atoms with Crippen LogP contribution in [0.5, 0.6) is 0 Å². The van der Waals surface area contributed by atoms with Crippen molar-refractivity contribution in [1.29, 1.82) is 5.26 Å². The molecule has 1 aliphatic carbocycles. The van der Waals surface area contributed by atoms with Crippen molar-refractivity contribution < 1.29 is 0 Å². The predicted octanol–water partition coefficient (Wildman–Crippen LogP) is 13.5. The first-order chi connectivity index (χ1) is 27.6. The van der Waals surface area contributed by atoms with E-state index in [4.69, 9.17) is 4.98 Å². The molecule has 56 heavy (non-hydrogen) atoms. The van der Waals surface area contributed by atoms with Crippen molar-refractivity contribution in [3.8, 4) is 34.3 Å². The number of para-hydroxylation sites is 3. The van der Waals surface area contributed by atoms with Gasteiger partial charge in [-0.3, -0.25) is 4.57 Å². The van der Waals surface area contributed by atoms with Crippen LogP contribution in [0.15, 0.2) is 194 Å². The average Bonchev–Trinajstić information content (AvgIpc) is 3.93. The van der Waals surface area contributed by atoms with E-state index < -0.39 is 5.41 Å². The van der Waals surface area contributed by atoms with Gasteiger partial charge in [-0.05, 0) is 100.0 Å². The van der Waals surface area contributed by atoms with Crippen LogP contribution in [0.3, 0.4) is 0 Å². The molecule has 0 N–H and O–H groups in total. The molecule has 1 aliphatic rings. The highest BCUT2D eigenvalue weighted by atomic mass is 32.1. The number of rotatable bonds is 7. The zero-order chi connectivity index (χ0) is 37.8. The van der Waals surface area contributed by atoms with E-state index in [9.17, 15) is 5.26 Å². The molecule has 0 radical (unpaired) electrons. The number of thiophene rings is 1. The molecule has 3 nitrogen and oxygen atoms in total. The van der Waals surface area contributed by atoms with Gasteiger partial charge in [0.15, 0.2) is 0 Å². The van der Waals surface area contributed by atoms with Crippen LogP contribution < -0.4 is 0 Å². The maximum atomic E-state index is 9.54. The van der Waals surface area contributed by atoms with Crippen molar-refractivity contribution in [1.82, 2.24) is 9.55 Å². The third kappa shape index (κ3) is 4.92. The lowest BCUT2D eigenvalue weighted by molar-refractivity contribution is 0.763. The molecule has 2 heterocycles.